The van der Waals surface area contributed by atoms with Gasteiger partial charge in [-0.15, -0.1) is 0 Å². The van der Waals surface area contributed by atoms with Crippen LogP contribution in [0.5, 0.6) is 0 Å². The molecule has 0 bridgehead atoms. The summed E-state index contributed by atoms with van der Waals surface area (Å²) in [4.78, 5) is 29.7. The highest BCUT2D eigenvalue weighted by Gasteiger charge is 2.35. The third-order valence-corrected chi connectivity index (χ3v) is 10.0. The van der Waals surface area contributed by atoms with Gasteiger partial charge in [0.2, 0.25) is 11.8 Å². The minimum absolute atomic E-state index is 0.0528. The average molecular weight is 667 g/mol. The number of benzene rings is 4. The predicted octanol–water partition coefficient (Wildman–Crippen LogP) is 6.84. The van der Waals surface area contributed by atoms with Crippen LogP contribution in [-0.4, -0.2) is 44.3 Å². The maximum Gasteiger partial charge on any atom is 0.264 e. The van der Waals surface area contributed by atoms with Gasteiger partial charge in [-0.1, -0.05) is 102 Å². The van der Waals surface area contributed by atoms with Crippen molar-refractivity contribution < 1.29 is 18.0 Å². The molecule has 4 rings (SSSR count). The van der Waals surface area contributed by atoms with Crippen LogP contribution in [0.4, 0.5) is 5.69 Å². The lowest BCUT2D eigenvalue weighted by Gasteiger charge is -2.34. The van der Waals surface area contributed by atoms with Crippen LogP contribution in [0.15, 0.2) is 102 Å². The summed E-state index contributed by atoms with van der Waals surface area (Å²) in [6.45, 7) is 5.27. The fraction of sp³-hybridized carbons (Fsp3) is 0.257. The molecule has 0 aliphatic rings. The topological polar surface area (TPSA) is 86.8 Å². The van der Waals surface area contributed by atoms with E-state index in [0.717, 1.165) is 21.0 Å². The van der Waals surface area contributed by atoms with Crippen molar-refractivity contribution in [1.82, 2.24) is 10.2 Å². The average Bonchev–Trinajstić information content (AvgIpc) is 3.03. The molecule has 236 valence electrons. The number of hydrogen-bond donors (Lipinski definition) is 1. The largest absolute Gasteiger partial charge is 0.355 e. The van der Waals surface area contributed by atoms with Gasteiger partial charge in [0.05, 0.1) is 10.6 Å². The van der Waals surface area contributed by atoms with E-state index in [-0.39, 0.29) is 23.8 Å². The van der Waals surface area contributed by atoms with Crippen molar-refractivity contribution in [3.8, 4) is 0 Å². The molecule has 0 aliphatic carbocycles. The van der Waals surface area contributed by atoms with Crippen LogP contribution in [0.2, 0.25) is 10.0 Å². The second kappa shape index (κ2) is 15.4. The Hall–Kier alpha value is -3.85. The first-order valence-electron chi connectivity index (χ1n) is 14.8. The van der Waals surface area contributed by atoms with Gasteiger partial charge >= 0.3 is 0 Å². The normalized spacial score (nSPS) is 11.9. The molecule has 0 saturated heterocycles. The van der Waals surface area contributed by atoms with Gasteiger partial charge in [0.15, 0.2) is 0 Å². The van der Waals surface area contributed by atoms with Gasteiger partial charge in [0.25, 0.3) is 10.0 Å². The Morgan fingerprint density at radius 3 is 2.07 bits per heavy atom. The molecule has 7 nitrogen and oxygen atoms in total. The van der Waals surface area contributed by atoms with Gasteiger partial charge in [0.1, 0.15) is 12.6 Å². The third kappa shape index (κ3) is 8.25. The lowest BCUT2D eigenvalue weighted by Crippen LogP contribution is -2.53. The molecule has 1 atom stereocenters. The summed E-state index contributed by atoms with van der Waals surface area (Å²) in [6, 6.07) is 27.0. The molecule has 0 radical (unpaired) electrons. The second-order valence-electron chi connectivity index (χ2n) is 10.6. The summed E-state index contributed by atoms with van der Waals surface area (Å²) in [6.07, 6.45) is 0.732. The molecule has 0 aromatic heterocycles. The van der Waals surface area contributed by atoms with E-state index >= 15 is 0 Å². The summed E-state index contributed by atoms with van der Waals surface area (Å²) in [5.74, 6) is -0.959. The first-order chi connectivity index (χ1) is 21.6. The number of hydrogen-bond acceptors (Lipinski definition) is 4. The molecule has 2 amide bonds. The van der Waals surface area contributed by atoms with Crippen molar-refractivity contribution in [1.29, 1.82) is 0 Å². The summed E-state index contributed by atoms with van der Waals surface area (Å²) in [7, 11) is -4.20. The van der Waals surface area contributed by atoms with Gasteiger partial charge in [-0.25, -0.2) is 8.42 Å². The fourth-order valence-corrected chi connectivity index (χ4v) is 7.07. The molecule has 10 heteroatoms. The fourth-order valence-electron chi connectivity index (χ4n) is 5.10. The molecule has 4 aromatic rings. The summed E-state index contributed by atoms with van der Waals surface area (Å²) in [5.41, 5.74) is 3.34. The van der Waals surface area contributed by atoms with Gasteiger partial charge in [0, 0.05) is 35.1 Å². The van der Waals surface area contributed by atoms with Crippen LogP contribution in [0.25, 0.3) is 0 Å². The number of nitrogens with zero attached hydrogens (tertiary/aromatic N) is 2. The standard InChI is InChI=1S/C35H37Cl2N3O4S/c1-4-27-14-9-10-17-32(27)40(45(43,44)28-20-18-25(3)19-21-28)24-34(41)39(23-29-30(36)15-11-16-31(29)37)33(35(42)38-5-2)22-26-12-7-6-8-13-26/h6-21,33H,4-5,22-24H2,1-3H3,(H,38,42)/t33-/m1/s1. The highest BCUT2D eigenvalue weighted by Crippen LogP contribution is 2.30. The summed E-state index contributed by atoms with van der Waals surface area (Å²) in [5, 5.41) is 3.51. The molecule has 1 N–H and O–H groups in total. The minimum Gasteiger partial charge on any atom is -0.355 e. The lowest BCUT2D eigenvalue weighted by molar-refractivity contribution is -0.140. The molecular formula is C35H37Cl2N3O4S. The van der Waals surface area contributed by atoms with Crippen LogP contribution in [0.3, 0.4) is 0 Å². The molecule has 0 unspecified atom stereocenters. The molecule has 0 fully saturated rings. The Morgan fingerprint density at radius 1 is 0.822 bits per heavy atom. The lowest BCUT2D eigenvalue weighted by atomic mass is 10.0. The zero-order valence-corrected chi connectivity index (χ0v) is 27.9. The van der Waals surface area contributed by atoms with Crippen LogP contribution in [0, 0.1) is 6.92 Å². The number of sulfonamides is 1. The van der Waals surface area contributed by atoms with Crippen molar-refractivity contribution >= 4 is 50.7 Å². The third-order valence-electron chi connectivity index (χ3n) is 7.54. The monoisotopic (exact) mass is 665 g/mol. The smallest absolute Gasteiger partial charge is 0.264 e. The SMILES string of the molecule is CCNC(=O)[C@@H](Cc1ccccc1)N(Cc1c(Cl)cccc1Cl)C(=O)CN(c1ccccc1CC)S(=O)(=O)c1ccc(C)cc1. The van der Waals surface area contributed by atoms with E-state index in [1.807, 2.05) is 56.3 Å². The number of nitrogens with one attached hydrogen (secondary N) is 1. The second-order valence-corrected chi connectivity index (χ2v) is 13.3. The molecule has 0 saturated carbocycles. The number of aryl methyl sites for hydroxylation is 2. The van der Waals surface area contributed by atoms with Crippen LogP contribution in [-0.2, 0) is 39.0 Å². The zero-order chi connectivity index (χ0) is 32.6. The molecular weight excluding hydrogens is 629 g/mol. The predicted molar refractivity (Wildman–Crippen MR) is 181 cm³/mol. The maximum absolute atomic E-state index is 14.6. The Bertz CT molecular complexity index is 1710. The van der Waals surface area contributed by atoms with E-state index < -0.39 is 28.5 Å². The molecule has 0 aliphatic heterocycles. The summed E-state index contributed by atoms with van der Waals surface area (Å²) < 4.78 is 29.7. The number of anilines is 1. The molecule has 0 spiro atoms. The number of carbonyl (C=O) groups is 2. The molecule has 0 heterocycles. The van der Waals surface area contributed by atoms with Gasteiger partial charge in [-0.2, -0.15) is 0 Å². The van der Waals surface area contributed by atoms with Crippen molar-refractivity contribution in [3.05, 3.63) is 129 Å². The number of carbonyl (C=O) groups excluding carboxylic acids is 2. The Labute approximate surface area is 275 Å². The van der Waals surface area contributed by atoms with E-state index in [1.165, 1.54) is 17.0 Å². The number of rotatable bonds is 13. The van der Waals surface area contributed by atoms with E-state index in [1.54, 1.807) is 49.4 Å². The maximum atomic E-state index is 14.6. The van der Waals surface area contributed by atoms with Crippen molar-refractivity contribution in [2.45, 2.75) is 51.1 Å². The van der Waals surface area contributed by atoms with Gasteiger partial charge in [-0.3, -0.25) is 13.9 Å². The quantitative estimate of drug-likeness (QED) is 0.170. The Kier molecular flexibility index (Phi) is 11.7. The highest BCUT2D eigenvalue weighted by atomic mass is 35.5. The highest BCUT2D eigenvalue weighted by molar-refractivity contribution is 7.92. The van der Waals surface area contributed by atoms with E-state index in [2.05, 4.69) is 5.32 Å². The summed E-state index contributed by atoms with van der Waals surface area (Å²) >= 11 is 13.1. The molecule has 4 aromatic carbocycles. The first kappa shape index (κ1) is 34.0. The molecule has 45 heavy (non-hydrogen) atoms. The number of likely N-dealkylation sites (N-methyl/N-ethyl adjacent to an activating group) is 1. The zero-order valence-electron chi connectivity index (χ0n) is 25.5. The van der Waals surface area contributed by atoms with Crippen molar-refractivity contribution in [2.75, 3.05) is 17.4 Å². The first-order valence-corrected chi connectivity index (χ1v) is 17.0. The van der Waals surface area contributed by atoms with Gasteiger partial charge < -0.3 is 10.2 Å². The van der Waals surface area contributed by atoms with Gasteiger partial charge in [-0.05, 0) is 61.7 Å². The number of para-hydroxylation sites is 1. The van der Waals surface area contributed by atoms with Crippen LogP contribution < -0.4 is 9.62 Å². The van der Waals surface area contributed by atoms with Crippen LogP contribution in [0.1, 0.15) is 36.1 Å². The Balaban J connectivity index is 1.85. The minimum atomic E-state index is -4.20. The van der Waals surface area contributed by atoms with Crippen molar-refractivity contribution in [3.63, 3.8) is 0 Å². The van der Waals surface area contributed by atoms with E-state index in [0.29, 0.717) is 34.3 Å². The number of halogens is 2. The van der Waals surface area contributed by atoms with E-state index in [4.69, 9.17) is 23.2 Å². The van der Waals surface area contributed by atoms with E-state index in [9.17, 15) is 18.0 Å². The Morgan fingerprint density at radius 2 is 1.44 bits per heavy atom. The van der Waals surface area contributed by atoms with Crippen molar-refractivity contribution in [2.24, 2.45) is 0 Å². The van der Waals surface area contributed by atoms with Crippen LogP contribution >= 0.6 is 23.2 Å². The number of amides is 2.